The second-order valence-corrected chi connectivity index (χ2v) is 6.58. The first kappa shape index (κ1) is 15.5. The van der Waals surface area contributed by atoms with Crippen LogP contribution in [0.4, 0.5) is 11.4 Å². The number of aromatic hydroxyl groups is 1. The molecular formula is C18H13N3O3S. The molecule has 0 radical (unpaired) electrons. The topological polar surface area (TPSA) is 82.0 Å². The van der Waals surface area contributed by atoms with Gasteiger partial charge in [-0.15, -0.1) is 0 Å². The first-order valence-corrected chi connectivity index (χ1v) is 8.35. The van der Waals surface area contributed by atoms with E-state index < -0.39 is 0 Å². The predicted molar refractivity (Wildman–Crippen MR) is 97.7 cm³/mol. The molecular weight excluding hydrogens is 338 g/mol. The van der Waals surface area contributed by atoms with Crippen LogP contribution in [0.15, 0.2) is 58.4 Å². The molecule has 2 amide bonds. The highest BCUT2D eigenvalue weighted by Crippen LogP contribution is 2.42. The van der Waals surface area contributed by atoms with Gasteiger partial charge in [0.25, 0.3) is 11.8 Å². The van der Waals surface area contributed by atoms with E-state index in [9.17, 15) is 14.7 Å². The molecule has 2 heterocycles. The van der Waals surface area contributed by atoms with Crippen LogP contribution in [0.5, 0.6) is 5.75 Å². The molecule has 25 heavy (non-hydrogen) atoms. The van der Waals surface area contributed by atoms with E-state index in [0.29, 0.717) is 21.3 Å². The van der Waals surface area contributed by atoms with E-state index in [-0.39, 0.29) is 17.6 Å². The number of carbonyl (C=O) groups is 2. The molecule has 1 saturated heterocycles. The number of para-hydroxylation sites is 1. The molecule has 124 valence electrons. The van der Waals surface area contributed by atoms with Gasteiger partial charge in [0, 0.05) is 18.7 Å². The third kappa shape index (κ3) is 2.58. The SMILES string of the molecule is CN1C(=O)/C(=C2/SC(=Nc3cccc(O)c3)NC2=O)c2ccccc21. The Labute approximate surface area is 147 Å². The van der Waals surface area contributed by atoms with Crippen molar-refractivity contribution in [3.63, 3.8) is 0 Å². The number of likely N-dealkylation sites (N-methyl/N-ethyl adjacent to an activating group) is 1. The number of benzene rings is 2. The summed E-state index contributed by atoms with van der Waals surface area (Å²) in [4.78, 5) is 31.2. The largest absolute Gasteiger partial charge is 0.508 e. The van der Waals surface area contributed by atoms with Gasteiger partial charge in [0.15, 0.2) is 5.17 Å². The molecule has 2 aliphatic rings. The first-order valence-electron chi connectivity index (χ1n) is 7.53. The molecule has 0 aromatic heterocycles. The lowest BCUT2D eigenvalue weighted by Crippen LogP contribution is -2.23. The van der Waals surface area contributed by atoms with Gasteiger partial charge in [-0.2, -0.15) is 0 Å². The van der Waals surface area contributed by atoms with Crippen molar-refractivity contribution in [3.8, 4) is 5.75 Å². The van der Waals surface area contributed by atoms with Gasteiger partial charge in [-0.1, -0.05) is 24.3 Å². The number of fused-ring (bicyclic) bond motifs is 1. The summed E-state index contributed by atoms with van der Waals surface area (Å²) in [7, 11) is 1.69. The van der Waals surface area contributed by atoms with Gasteiger partial charge in [0.1, 0.15) is 5.75 Å². The molecule has 2 aromatic carbocycles. The monoisotopic (exact) mass is 351 g/mol. The molecule has 0 spiro atoms. The number of amides is 2. The molecule has 2 aliphatic heterocycles. The second kappa shape index (κ2) is 5.78. The van der Waals surface area contributed by atoms with Crippen LogP contribution in [0, 0.1) is 0 Å². The summed E-state index contributed by atoms with van der Waals surface area (Å²) < 4.78 is 0. The maximum absolute atomic E-state index is 12.6. The lowest BCUT2D eigenvalue weighted by molar-refractivity contribution is -0.116. The fraction of sp³-hybridized carbons (Fsp3) is 0.0556. The summed E-state index contributed by atoms with van der Waals surface area (Å²) in [5.74, 6) is -0.467. The van der Waals surface area contributed by atoms with E-state index in [0.717, 1.165) is 23.0 Å². The normalized spacial score (nSPS) is 21.0. The standard InChI is InChI=1S/C18H13N3O3S/c1-21-13-8-3-2-7-12(13)14(17(21)24)15-16(23)20-18(25-15)19-10-5-4-6-11(22)9-10/h2-9,22H,1H3,(H,19,20,23)/b15-14+. The number of nitrogens with one attached hydrogen (secondary N) is 1. The first-order chi connectivity index (χ1) is 12.0. The molecule has 6 nitrogen and oxygen atoms in total. The summed E-state index contributed by atoms with van der Waals surface area (Å²) in [6.07, 6.45) is 0. The van der Waals surface area contributed by atoms with Crippen LogP contribution < -0.4 is 10.2 Å². The summed E-state index contributed by atoms with van der Waals surface area (Å²) >= 11 is 1.13. The molecule has 0 bridgehead atoms. The number of hydrogen-bond acceptors (Lipinski definition) is 5. The Balaban J connectivity index is 1.76. The third-order valence-electron chi connectivity index (χ3n) is 3.97. The summed E-state index contributed by atoms with van der Waals surface area (Å²) in [6, 6.07) is 13.8. The maximum atomic E-state index is 12.6. The highest BCUT2D eigenvalue weighted by molar-refractivity contribution is 8.18. The average Bonchev–Trinajstić information content (AvgIpc) is 3.06. The minimum Gasteiger partial charge on any atom is -0.508 e. The molecule has 2 aromatic rings. The Hall–Kier alpha value is -3.06. The van der Waals surface area contributed by atoms with Crippen molar-refractivity contribution in [2.75, 3.05) is 11.9 Å². The summed E-state index contributed by atoms with van der Waals surface area (Å²) in [5.41, 5.74) is 2.43. The zero-order valence-electron chi connectivity index (χ0n) is 13.2. The van der Waals surface area contributed by atoms with Crippen LogP contribution >= 0.6 is 11.8 Å². The lowest BCUT2D eigenvalue weighted by atomic mass is 10.1. The smallest absolute Gasteiger partial charge is 0.264 e. The second-order valence-electron chi connectivity index (χ2n) is 5.58. The number of thioether (sulfide) groups is 1. The van der Waals surface area contributed by atoms with E-state index in [1.54, 1.807) is 25.2 Å². The van der Waals surface area contributed by atoms with Gasteiger partial charge in [0.05, 0.1) is 21.9 Å². The highest BCUT2D eigenvalue weighted by atomic mass is 32.2. The van der Waals surface area contributed by atoms with E-state index in [1.807, 2.05) is 24.3 Å². The van der Waals surface area contributed by atoms with Crippen LogP contribution in [0.2, 0.25) is 0 Å². The number of aliphatic imine (C=N–C) groups is 1. The van der Waals surface area contributed by atoms with Crippen molar-refractivity contribution in [2.24, 2.45) is 4.99 Å². The van der Waals surface area contributed by atoms with E-state index in [1.165, 1.54) is 11.0 Å². The van der Waals surface area contributed by atoms with Gasteiger partial charge in [0.2, 0.25) is 0 Å². The minimum absolute atomic E-state index is 0.0938. The van der Waals surface area contributed by atoms with Crippen LogP contribution in [0.25, 0.3) is 5.57 Å². The van der Waals surface area contributed by atoms with Gasteiger partial charge in [-0.25, -0.2) is 4.99 Å². The van der Waals surface area contributed by atoms with Crippen LogP contribution in [-0.2, 0) is 9.59 Å². The van der Waals surface area contributed by atoms with Crippen LogP contribution in [0.3, 0.4) is 0 Å². The minimum atomic E-state index is -0.350. The van der Waals surface area contributed by atoms with Crippen molar-refractivity contribution in [1.29, 1.82) is 0 Å². The number of amidine groups is 1. The number of phenols is 1. The van der Waals surface area contributed by atoms with E-state index >= 15 is 0 Å². The van der Waals surface area contributed by atoms with Crippen molar-refractivity contribution in [2.45, 2.75) is 0 Å². The van der Waals surface area contributed by atoms with Gasteiger partial charge in [-0.05, 0) is 30.0 Å². The molecule has 0 atom stereocenters. The van der Waals surface area contributed by atoms with Gasteiger partial charge < -0.3 is 15.3 Å². The molecule has 4 rings (SSSR count). The van der Waals surface area contributed by atoms with Gasteiger partial charge in [-0.3, -0.25) is 9.59 Å². The number of hydrogen-bond donors (Lipinski definition) is 2. The number of carbonyl (C=O) groups excluding carboxylic acids is 2. The Morgan fingerprint density at radius 3 is 2.72 bits per heavy atom. The molecule has 1 fully saturated rings. The Kier molecular flexibility index (Phi) is 3.58. The Morgan fingerprint density at radius 2 is 1.92 bits per heavy atom. The molecule has 0 unspecified atom stereocenters. The number of nitrogens with zero attached hydrogens (tertiary/aromatic N) is 2. The number of phenolic OH excluding ortho intramolecular Hbond substituents is 1. The molecule has 7 heteroatoms. The lowest BCUT2D eigenvalue weighted by Gasteiger charge is -2.08. The fourth-order valence-corrected chi connectivity index (χ4v) is 3.74. The van der Waals surface area contributed by atoms with Crippen molar-refractivity contribution < 1.29 is 14.7 Å². The quantitative estimate of drug-likeness (QED) is 0.774. The average molecular weight is 351 g/mol. The summed E-state index contributed by atoms with van der Waals surface area (Å²) in [5, 5.41) is 12.6. The Bertz CT molecular complexity index is 981. The fourth-order valence-electron chi connectivity index (χ4n) is 2.81. The van der Waals surface area contributed by atoms with Crippen LogP contribution in [0.1, 0.15) is 5.56 Å². The van der Waals surface area contributed by atoms with Crippen molar-refractivity contribution >= 4 is 45.7 Å². The third-order valence-corrected chi connectivity index (χ3v) is 4.95. The predicted octanol–water partition coefficient (Wildman–Crippen LogP) is 2.63. The van der Waals surface area contributed by atoms with Crippen LogP contribution in [-0.4, -0.2) is 29.1 Å². The zero-order valence-corrected chi connectivity index (χ0v) is 14.0. The molecule has 0 aliphatic carbocycles. The number of anilines is 1. The maximum Gasteiger partial charge on any atom is 0.264 e. The summed E-state index contributed by atoms with van der Waals surface area (Å²) in [6.45, 7) is 0. The highest BCUT2D eigenvalue weighted by Gasteiger charge is 2.37. The number of rotatable bonds is 1. The van der Waals surface area contributed by atoms with E-state index in [2.05, 4.69) is 10.3 Å². The zero-order chi connectivity index (χ0) is 17.6. The molecule has 2 N–H and O–H groups in total. The Morgan fingerprint density at radius 1 is 1.12 bits per heavy atom. The van der Waals surface area contributed by atoms with E-state index in [4.69, 9.17) is 0 Å². The molecule has 0 saturated carbocycles. The van der Waals surface area contributed by atoms with Crippen molar-refractivity contribution in [3.05, 3.63) is 59.0 Å². The van der Waals surface area contributed by atoms with Gasteiger partial charge >= 0.3 is 0 Å². The van der Waals surface area contributed by atoms with Crippen molar-refractivity contribution in [1.82, 2.24) is 5.32 Å².